The van der Waals surface area contributed by atoms with Gasteiger partial charge in [0.2, 0.25) is 27.8 Å². The van der Waals surface area contributed by atoms with Crippen molar-refractivity contribution >= 4 is 89.0 Å². The molecular weight excluding hydrogens is 939 g/mol. The average Bonchev–Trinajstić information content (AvgIpc) is 3.77. The Morgan fingerprint density at radius 3 is 2.39 bits per heavy atom. The van der Waals surface area contributed by atoms with Gasteiger partial charge in [0.25, 0.3) is 0 Å². The zero-order chi connectivity index (χ0) is 46.7. The maximum Gasteiger partial charge on any atom is 0.249 e. The highest BCUT2D eigenvalue weighted by molar-refractivity contribution is 9.10. The van der Waals surface area contributed by atoms with Gasteiger partial charge in [-0.1, -0.05) is 12.1 Å². The van der Waals surface area contributed by atoms with Crippen LogP contribution in [0.1, 0.15) is 31.2 Å². The number of carbonyl (C=O) groups excluding carboxylic acids is 2. The van der Waals surface area contributed by atoms with Crippen LogP contribution in [-0.2, 0) is 33.1 Å². The predicted molar refractivity (Wildman–Crippen MR) is 265 cm³/mol. The Bertz CT molecular complexity index is 2880. The number of piperazine rings is 1. The minimum atomic E-state index is -3.66. The summed E-state index contributed by atoms with van der Waals surface area (Å²) in [6.45, 7) is 7.01. The molecule has 1 atom stereocenters. The molecule has 6 aromatic rings. The smallest absolute Gasteiger partial charge is 0.249 e. The Kier molecular flexibility index (Phi) is 13.6. The molecule has 5 N–H and O–H groups in total. The molecule has 350 valence electrons. The molecule has 0 saturated carbocycles. The monoisotopic (exact) mass is 991 g/mol. The normalized spacial score (nSPS) is 17.6. The highest BCUT2D eigenvalue weighted by Crippen LogP contribution is 2.42. The number of carbonyl (C=O) groups is 2. The van der Waals surface area contributed by atoms with Gasteiger partial charge in [0.15, 0.2) is 0 Å². The number of ether oxygens (including phenoxy) is 1. The van der Waals surface area contributed by atoms with Crippen molar-refractivity contribution in [3.8, 4) is 16.9 Å². The first kappa shape index (κ1) is 45.8. The molecule has 3 fully saturated rings. The van der Waals surface area contributed by atoms with E-state index >= 15 is 0 Å². The second-order valence-electron chi connectivity index (χ2n) is 17.3. The fourth-order valence-corrected chi connectivity index (χ4v) is 9.96. The van der Waals surface area contributed by atoms with E-state index in [2.05, 4.69) is 108 Å². The summed E-state index contributed by atoms with van der Waals surface area (Å²) in [5, 5.41) is 12.3. The van der Waals surface area contributed by atoms with E-state index in [1.807, 2.05) is 29.9 Å². The van der Waals surface area contributed by atoms with Crippen molar-refractivity contribution in [2.45, 2.75) is 44.2 Å². The Balaban J connectivity index is 0.838. The van der Waals surface area contributed by atoms with E-state index in [1.165, 1.54) is 11.8 Å². The van der Waals surface area contributed by atoms with Crippen LogP contribution in [-0.4, -0.2) is 126 Å². The SMILES string of the molecule is COc1cc(N2CCC(N3CCN(CCc4ccc(NC5CCC(=O)NC5=O)cc4)CC3)CC2)c(-c2ccn(C)c2)cc1Nc1ncc(Br)c(Nc2ccc3nccnc3c2NS(C)(=O)=O)n1. The number of sulfonamides is 1. The van der Waals surface area contributed by atoms with Crippen molar-refractivity contribution in [3.05, 3.63) is 95.6 Å². The molecule has 0 aliphatic carbocycles. The lowest BCUT2D eigenvalue weighted by Gasteiger charge is -2.43. The molecule has 0 bridgehead atoms. The van der Waals surface area contributed by atoms with Crippen LogP contribution in [0.25, 0.3) is 22.2 Å². The molecule has 1 unspecified atom stereocenters. The van der Waals surface area contributed by atoms with Gasteiger partial charge in [-0.05, 0) is 83.6 Å². The Hall–Kier alpha value is -6.35. The molecule has 3 aromatic carbocycles. The van der Waals surface area contributed by atoms with E-state index in [4.69, 9.17) is 9.72 Å². The third kappa shape index (κ3) is 10.9. The van der Waals surface area contributed by atoms with Crippen LogP contribution in [0.2, 0.25) is 0 Å². The van der Waals surface area contributed by atoms with Crippen molar-refractivity contribution in [1.82, 2.24) is 39.6 Å². The van der Waals surface area contributed by atoms with Crippen LogP contribution < -0.4 is 35.6 Å². The first-order chi connectivity index (χ1) is 32.3. The van der Waals surface area contributed by atoms with E-state index in [0.29, 0.717) is 63.3 Å². The summed E-state index contributed by atoms with van der Waals surface area (Å²) in [7, 11) is 0.0135. The number of aromatic nitrogens is 5. The molecule has 2 amide bonds. The van der Waals surface area contributed by atoms with Crippen molar-refractivity contribution in [2.24, 2.45) is 7.05 Å². The minimum Gasteiger partial charge on any atom is -0.494 e. The fraction of sp³-hybridized carbons (Fsp3) is 0.362. The van der Waals surface area contributed by atoms with Crippen molar-refractivity contribution in [1.29, 1.82) is 0 Å². The number of methoxy groups -OCH3 is 1. The standard InChI is InChI=1S/C47H54BrN13O5S/c1-58-18-13-31(29-58)34-26-39(54-47-51-28-35(48)45(56-47)53-37-9-8-36-43(50-17-16-49-36)44(37)57-67(3,64)65)41(66-2)27-40(34)61-20-14-33(15-21-61)60-24-22-59(23-25-60)19-12-30-4-6-32(7-5-30)52-38-10-11-42(62)55-46(38)63/h4-9,13,16-18,26-29,33,38,52,57H,10-12,14-15,19-25H2,1-3H3,(H,55,62,63)(H2,51,53,54,56). The number of hydrogen-bond acceptors (Lipinski definition) is 15. The Morgan fingerprint density at radius 2 is 1.67 bits per heavy atom. The molecule has 3 aromatic heterocycles. The van der Waals surface area contributed by atoms with Crippen LogP contribution in [0, 0.1) is 0 Å². The van der Waals surface area contributed by atoms with Gasteiger partial charge < -0.3 is 35.1 Å². The number of nitrogens with one attached hydrogen (secondary N) is 5. The Morgan fingerprint density at radius 1 is 0.896 bits per heavy atom. The number of rotatable bonds is 15. The maximum absolute atomic E-state index is 12.4. The zero-order valence-electron chi connectivity index (χ0n) is 37.6. The van der Waals surface area contributed by atoms with E-state index in [9.17, 15) is 18.0 Å². The first-order valence-corrected chi connectivity index (χ1v) is 25.1. The number of imide groups is 1. The molecule has 20 heteroatoms. The number of benzene rings is 3. The van der Waals surface area contributed by atoms with Gasteiger partial charge in [-0.3, -0.25) is 34.5 Å². The summed E-state index contributed by atoms with van der Waals surface area (Å²) in [5.41, 5.74) is 7.66. The number of hydrogen-bond donors (Lipinski definition) is 5. The minimum absolute atomic E-state index is 0.210. The van der Waals surface area contributed by atoms with E-state index in [-0.39, 0.29) is 23.5 Å². The lowest BCUT2D eigenvalue weighted by atomic mass is 9.98. The number of halogens is 1. The van der Waals surface area contributed by atoms with Crippen LogP contribution in [0.15, 0.2) is 90.1 Å². The highest BCUT2D eigenvalue weighted by atomic mass is 79.9. The molecule has 3 aliphatic heterocycles. The van der Waals surface area contributed by atoms with Gasteiger partial charge in [-0.15, -0.1) is 0 Å². The number of aryl methyl sites for hydroxylation is 1. The second-order valence-corrected chi connectivity index (χ2v) is 19.9. The van der Waals surface area contributed by atoms with Crippen molar-refractivity contribution in [3.63, 3.8) is 0 Å². The van der Waals surface area contributed by atoms with Gasteiger partial charge in [0, 0.05) is 125 Å². The van der Waals surface area contributed by atoms with E-state index in [0.717, 1.165) is 93.8 Å². The molecule has 0 spiro atoms. The van der Waals surface area contributed by atoms with Crippen molar-refractivity contribution in [2.75, 3.05) is 84.8 Å². The van der Waals surface area contributed by atoms with Crippen LogP contribution in [0.3, 0.4) is 0 Å². The number of piperidine rings is 2. The molecule has 3 saturated heterocycles. The summed E-state index contributed by atoms with van der Waals surface area (Å²) in [5.74, 6) is 0.859. The molecular formula is C47H54BrN13O5S. The summed E-state index contributed by atoms with van der Waals surface area (Å²) in [6, 6.07) is 18.2. The number of amides is 2. The topological polar surface area (TPSA) is 204 Å². The molecule has 67 heavy (non-hydrogen) atoms. The summed E-state index contributed by atoms with van der Waals surface area (Å²) in [4.78, 5) is 49.4. The summed E-state index contributed by atoms with van der Waals surface area (Å²) in [6.07, 6.45) is 13.9. The van der Waals surface area contributed by atoms with Gasteiger partial charge in [-0.2, -0.15) is 4.98 Å². The first-order valence-electron chi connectivity index (χ1n) is 22.4. The van der Waals surface area contributed by atoms with Gasteiger partial charge in [0.1, 0.15) is 23.1 Å². The maximum atomic E-state index is 12.4. The fourth-order valence-electron chi connectivity index (χ4n) is 9.09. The second kappa shape index (κ2) is 19.9. The molecule has 3 aliphatic rings. The van der Waals surface area contributed by atoms with Gasteiger partial charge >= 0.3 is 0 Å². The average molecular weight is 993 g/mol. The molecule has 0 radical (unpaired) electrons. The van der Waals surface area contributed by atoms with Crippen LogP contribution in [0.4, 0.5) is 40.2 Å². The van der Waals surface area contributed by atoms with E-state index < -0.39 is 10.0 Å². The Labute approximate surface area is 398 Å². The molecule has 6 heterocycles. The largest absolute Gasteiger partial charge is 0.494 e. The van der Waals surface area contributed by atoms with Crippen LogP contribution >= 0.6 is 15.9 Å². The lowest BCUT2D eigenvalue weighted by molar-refractivity contribution is -0.133. The number of anilines is 7. The summed E-state index contributed by atoms with van der Waals surface area (Å²) >= 11 is 3.56. The van der Waals surface area contributed by atoms with Crippen LogP contribution in [0.5, 0.6) is 5.75 Å². The predicted octanol–water partition coefficient (Wildman–Crippen LogP) is 6.10. The molecule has 9 rings (SSSR count). The third-order valence-corrected chi connectivity index (χ3v) is 13.8. The molecule has 18 nitrogen and oxygen atoms in total. The quantitative estimate of drug-likeness (QED) is 0.0738. The lowest BCUT2D eigenvalue weighted by Crippen LogP contribution is -2.53. The highest BCUT2D eigenvalue weighted by Gasteiger charge is 2.30. The number of nitrogens with zero attached hydrogens (tertiary/aromatic N) is 8. The third-order valence-electron chi connectivity index (χ3n) is 12.6. The zero-order valence-corrected chi connectivity index (χ0v) is 40.0. The van der Waals surface area contributed by atoms with Gasteiger partial charge in [0.05, 0.1) is 40.4 Å². The van der Waals surface area contributed by atoms with Gasteiger partial charge in [-0.25, -0.2) is 13.4 Å². The summed E-state index contributed by atoms with van der Waals surface area (Å²) < 4.78 is 36.1. The van der Waals surface area contributed by atoms with Crippen molar-refractivity contribution < 1.29 is 22.7 Å². The number of fused-ring (bicyclic) bond motifs is 1. The van der Waals surface area contributed by atoms with E-state index in [1.54, 1.807) is 31.6 Å².